The summed E-state index contributed by atoms with van der Waals surface area (Å²) in [7, 11) is 3.30. The van der Waals surface area contributed by atoms with E-state index in [4.69, 9.17) is 9.47 Å². The van der Waals surface area contributed by atoms with Crippen LogP contribution in [-0.4, -0.2) is 20.3 Å². The number of methoxy groups -OCH3 is 2. The largest absolute Gasteiger partial charge is 0.496 e. The first-order valence-electron chi connectivity index (χ1n) is 6.51. The van der Waals surface area contributed by atoms with Crippen LogP contribution >= 0.6 is 0 Å². The van der Waals surface area contributed by atoms with Crippen LogP contribution in [0, 0.1) is 0 Å². The maximum absolute atomic E-state index is 10.7. The second kappa shape index (κ2) is 6.00. The molecule has 102 valence electrons. The Morgan fingerprint density at radius 3 is 2.63 bits per heavy atom. The van der Waals surface area contributed by atoms with E-state index in [0.717, 1.165) is 42.6 Å². The normalized spacial score (nSPS) is 16.9. The van der Waals surface area contributed by atoms with Gasteiger partial charge in [-0.2, -0.15) is 4.99 Å². The Labute approximate surface area is 113 Å². The van der Waals surface area contributed by atoms with E-state index in [1.54, 1.807) is 20.3 Å². The van der Waals surface area contributed by atoms with E-state index < -0.39 is 5.54 Å². The number of nitrogens with zero attached hydrogens (tertiary/aromatic N) is 1. The highest BCUT2D eigenvalue weighted by Crippen LogP contribution is 2.43. The summed E-state index contributed by atoms with van der Waals surface area (Å²) in [5, 5.41) is 0. The van der Waals surface area contributed by atoms with Crippen LogP contribution < -0.4 is 4.74 Å². The molecule has 0 spiro atoms. The molecule has 0 radical (unpaired) electrons. The number of ether oxygens (including phenoxy) is 2. The Bertz CT molecular complexity index is 486. The molecule has 2 rings (SSSR count). The summed E-state index contributed by atoms with van der Waals surface area (Å²) in [6.45, 7) is 0.484. The van der Waals surface area contributed by atoms with Crippen LogP contribution in [0.2, 0.25) is 0 Å². The van der Waals surface area contributed by atoms with Crippen molar-refractivity contribution < 1.29 is 14.3 Å². The number of isocyanates is 1. The average molecular weight is 261 g/mol. The first kappa shape index (κ1) is 13.8. The van der Waals surface area contributed by atoms with Gasteiger partial charge in [-0.05, 0) is 30.5 Å². The number of hydrogen-bond donors (Lipinski definition) is 0. The molecule has 0 aliphatic heterocycles. The minimum Gasteiger partial charge on any atom is -0.496 e. The van der Waals surface area contributed by atoms with Gasteiger partial charge in [0.2, 0.25) is 6.08 Å². The zero-order chi connectivity index (χ0) is 13.7. The summed E-state index contributed by atoms with van der Waals surface area (Å²) in [4.78, 5) is 14.8. The molecule has 1 aromatic rings. The topological polar surface area (TPSA) is 47.9 Å². The molecule has 4 heteroatoms. The van der Waals surface area contributed by atoms with Crippen molar-refractivity contribution in [3.05, 3.63) is 29.3 Å². The van der Waals surface area contributed by atoms with Crippen molar-refractivity contribution in [3.8, 4) is 5.75 Å². The van der Waals surface area contributed by atoms with E-state index in [9.17, 15) is 4.79 Å². The molecule has 1 fully saturated rings. The van der Waals surface area contributed by atoms with Crippen molar-refractivity contribution in [2.75, 3.05) is 14.2 Å². The van der Waals surface area contributed by atoms with E-state index in [1.165, 1.54) is 0 Å². The molecule has 0 bridgehead atoms. The summed E-state index contributed by atoms with van der Waals surface area (Å²) in [6.07, 6.45) is 5.74. The van der Waals surface area contributed by atoms with Gasteiger partial charge < -0.3 is 9.47 Å². The Hall–Kier alpha value is -1.64. The van der Waals surface area contributed by atoms with E-state index in [0.29, 0.717) is 6.61 Å². The predicted molar refractivity (Wildman–Crippen MR) is 72.0 cm³/mol. The lowest BCUT2D eigenvalue weighted by Gasteiger charge is -2.24. The van der Waals surface area contributed by atoms with Crippen molar-refractivity contribution in [1.82, 2.24) is 0 Å². The van der Waals surface area contributed by atoms with Gasteiger partial charge in [0, 0.05) is 12.7 Å². The summed E-state index contributed by atoms with van der Waals surface area (Å²) in [6, 6.07) is 5.95. The van der Waals surface area contributed by atoms with Gasteiger partial charge in [0.05, 0.1) is 19.3 Å². The lowest BCUT2D eigenvalue weighted by molar-refractivity contribution is 0.181. The van der Waals surface area contributed by atoms with E-state index in [1.807, 2.05) is 18.2 Å². The molecule has 0 unspecified atom stereocenters. The van der Waals surface area contributed by atoms with Crippen LogP contribution in [0.3, 0.4) is 0 Å². The Kier molecular flexibility index (Phi) is 4.35. The Morgan fingerprint density at radius 1 is 1.32 bits per heavy atom. The van der Waals surface area contributed by atoms with Gasteiger partial charge in [-0.1, -0.05) is 18.9 Å². The first-order valence-corrected chi connectivity index (χ1v) is 6.51. The van der Waals surface area contributed by atoms with Crippen molar-refractivity contribution in [3.63, 3.8) is 0 Å². The molecule has 0 saturated heterocycles. The minimum absolute atomic E-state index is 0.392. The van der Waals surface area contributed by atoms with Crippen LogP contribution in [0.4, 0.5) is 0 Å². The third-order valence-corrected chi connectivity index (χ3v) is 3.81. The zero-order valence-corrected chi connectivity index (χ0v) is 11.4. The zero-order valence-electron chi connectivity index (χ0n) is 11.4. The first-order chi connectivity index (χ1) is 9.25. The molecule has 4 nitrogen and oxygen atoms in total. The number of carbonyl (C=O) groups excluding carboxylic acids is 1. The molecule has 19 heavy (non-hydrogen) atoms. The highest BCUT2D eigenvalue weighted by Gasteiger charge is 2.36. The van der Waals surface area contributed by atoms with Gasteiger partial charge in [0.1, 0.15) is 5.75 Å². The van der Waals surface area contributed by atoms with Crippen LogP contribution in [0.5, 0.6) is 5.75 Å². The number of rotatable bonds is 5. The Morgan fingerprint density at radius 2 is 2.05 bits per heavy atom. The third-order valence-electron chi connectivity index (χ3n) is 3.81. The maximum atomic E-state index is 10.7. The summed E-state index contributed by atoms with van der Waals surface area (Å²) in [5.74, 6) is 0.800. The monoisotopic (exact) mass is 261 g/mol. The molecule has 1 aliphatic carbocycles. The SMILES string of the molecule is COCc1cc(C2(N=C=O)CCCC2)ccc1OC. The maximum Gasteiger partial charge on any atom is 0.235 e. The quantitative estimate of drug-likeness (QED) is 0.604. The summed E-state index contributed by atoms with van der Waals surface area (Å²) in [5.41, 5.74) is 1.65. The molecular weight excluding hydrogens is 242 g/mol. The molecule has 0 heterocycles. The smallest absolute Gasteiger partial charge is 0.235 e. The average Bonchev–Trinajstić information content (AvgIpc) is 2.89. The van der Waals surface area contributed by atoms with E-state index in [2.05, 4.69) is 4.99 Å². The fraction of sp³-hybridized carbons (Fsp3) is 0.533. The van der Waals surface area contributed by atoms with Gasteiger partial charge in [-0.3, -0.25) is 0 Å². The molecule has 1 saturated carbocycles. The second-order valence-electron chi connectivity index (χ2n) is 4.90. The number of hydrogen-bond acceptors (Lipinski definition) is 4. The highest BCUT2D eigenvalue weighted by atomic mass is 16.5. The van der Waals surface area contributed by atoms with Gasteiger partial charge in [-0.25, -0.2) is 4.79 Å². The fourth-order valence-corrected chi connectivity index (χ4v) is 2.85. The van der Waals surface area contributed by atoms with Crippen molar-refractivity contribution in [1.29, 1.82) is 0 Å². The molecule has 1 aromatic carbocycles. The molecule has 0 atom stereocenters. The fourth-order valence-electron chi connectivity index (χ4n) is 2.85. The third kappa shape index (κ3) is 2.70. The predicted octanol–water partition coefficient (Wildman–Crippen LogP) is 2.95. The highest BCUT2D eigenvalue weighted by molar-refractivity contribution is 5.43. The standard InChI is InChI=1S/C15H19NO3/c1-18-10-12-9-13(5-6-14(12)19-2)15(16-11-17)7-3-4-8-15/h5-6,9H,3-4,7-8,10H2,1-2H3. The number of aliphatic imine (C=N–C) groups is 1. The lowest BCUT2D eigenvalue weighted by atomic mass is 9.88. The van der Waals surface area contributed by atoms with Gasteiger partial charge in [-0.15, -0.1) is 0 Å². The molecule has 1 aliphatic rings. The lowest BCUT2D eigenvalue weighted by Crippen LogP contribution is -2.19. The van der Waals surface area contributed by atoms with Crippen molar-refractivity contribution in [2.24, 2.45) is 4.99 Å². The summed E-state index contributed by atoms with van der Waals surface area (Å²) < 4.78 is 10.5. The van der Waals surface area contributed by atoms with Crippen LogP contribution in [-0.2, 0) is 21.7 Å². The number of benzene rings is 1. The van der Waals surface area contributed by atoms with Crippen LogP contribution in [0.15, 0.2) is 23.2 Å². The molecule has 0 N–H and O–H groups in total. The van der Waals surface area contributed by atoms with E-state index >= 15 is 0 Å². The molecule has 0 aromatic heterocycles. The van der Waals surface area contributed by atoms with Gasteiger partial charge in [0.15, 0.2) is 0 Å². The van der Waals surface area contributed by atoms with Crippen molar-refractivity contribution in [2.45, 2.75) is 37.8 Å². The van der Waals surface area contributed by atoms with Gasteiger partial charge >= 0.3 is 0 Å². The van der Waals surface area contributed by atoms with Crippen LogP contribution in [0.1, 0.15) is 36.8 Å². The Balaban J connectivity index is 2.43. The van der Waals surface area contributed by atoms with E-state index in [-0.39, 0.29) is 0 Å². The second-order valence-corrected chi connectivity index (χ2v) is 4.90. The van der Waals surface area contributed by atoms with Gasteiger partial charge in [0.25, 0.3) is 0 Å². The minimum atomic E-state index is -0.392. The molecular formula is C15H19NO3. The summed E-state index contributed by atoms with van der Waals surface area (Å²) >= 11 is 0. The van der Waals surface area contributed by atoms with Crippen LogP contribution in [0.25, 0.3) is 0 Å². The van der Waals surface area contributed by atoms with Crippen molar-refractivity contribution >= 4 is 6.08 Å². The molecule has 0 amide bonds.